The number of hydrogen-bond donors (Lipinski definition) is 2. The summed E-state index contributed by atoms with van der Waals surface area (Å²) in [6, 6.07) is 14.6. The highest BCUT2D eigenvalue weighted by molar-refractivity contribution is 5.94. The minimum Gasteiger partial charge on any atom is -0.355 e. The van der Waals surface area contributed by atoms with Crippen molar-refractivity contribution >= 4 is 18.3 Å². The lowest BCUT2D eigenvalue weighted by Crippen LogP contribution is -2.45. The summed E-state index contributed by atoms with van der Waals surface area (Å²) in [6.07, 6.45) is 0. The van der Waals surface area contributed by atoms with Crippen LogP contribution in [0.5, 0.6) is 0 Å². The van der Waals surface area contributed by atoms with Crippen molar-refractivity contribution in [3.05, 3.63) is 71.0 Å². The van der Waals surface area contributed by atoms with E-state index in [1.54, 1.807) is 19.2 Å². The number of carbonyl (C=O) groups is 1. The van der Waals surface area contributed by atoms with Crippen LogP contribution in [0.3, 0.4) is 0 Å². The predicted molar refractivity (Wildman–Crippen MR) is 99.5 cm³/mol. The van der Waals surface area contributed by atoms with Gasteiger partial charge in [0.2, 0.25) is 0 Å². The number of rotatable bonds is 4. The summed E-state index contributed by atoms with van der Waals surface area (Å²) in [5, 5.41) is 6.03. The zero-order chi connectivity index (χ0) is 16.9. The number of nitrogens with zero attached hydrogens (tertiary/aromatic N) is 1. The molecule has 0 spiro atoms. The first-order chi connectivity index (χ1) is 11.7. The summed E-state index contributed by atoms with van der Waals surface area (Å²) >= 11 is 0. The van der Waals surface area contributed by atoms with Gasteiger partial charge in [-0.1, -0.05) is 24.3 Å². The second-order valence-corrected chi connectivity index (χ2v) is 6.02. The summed E-state index contributed by atoms with van der Waals surface area (Å²) in [5.41, 5.74) is 2.72. The van der Waals surface area contributed by atoms with Gasteiger partial charge in [-0.2, -0.15) is 0 Å². The van der Waals surface area contributed by atoms with Crippen molar-refractivity contribution in [1.29, 1.82) is 0 Å². The van der Waals surface area contributed by atoms with E-state index in [9.17, 15) is 9.18 Å². The van der Waals surface area contributed by atoms with Crippen molar-refractivity contribution < 1.29 is 9.18 Å². The number of amides is 1. The van der Waals surface area contributed by atoms with Gasteiger partial charge in [0.05, 0.1) is 0 Å². The van der Waals surface area contributed by atoms with Crippen LogP contribution in [0.4, 0.5) is 4.39 Å². The Labute approximate surface area is 153 Å². The van der Waals surface area contributed by atoms with Crippen LogP contribution >= 0.6 is 12.4 Å². The van der Waals surface area contributed by atoms with Crippen LogP contribution in [-0.4, -0.2) is 37.5 Å². The summed E-state index contributed by atoms with van der Waals surface area (Å²) < 4.78 is 13.6. The highest BCUT2D eigenvalue weighted by Crippen LogP contribution is 2.25. The van der Waals surface area contributed by atoms with Gasteiger partial charge in [-0.25, -0.2) is 4.39 Å². The van der Waals surface area contributed by atoms with Crippen molar-refractivity contribution in [2.75, 3.05) is 26.7 Å². The van der Waals surface area contributed by atoms with E-state index in [-0.39, 0.29) is 30.2 Å². The van der Waals surface area contributed by atoms with Crippen molar-refractivity contribution in [2.45, 2.75) is 12.6 Å². The number of carbonyl (C=O) groups excluding carboxylic acids is 1. The molecule has 2 aromatic carbocycles. The molecule has 1 atom stereocenters. The molecule has 2 aromatic rings. The first kappa shape index (κ1) is 19.4. The van der Waals surface area contributed by atoms with Gasteiger partial charge < -0.3 is 10.6 Å². The van der Waals surface area contributed by atoms with Crippen LogP contribution < -0.4 is 10.6 Å². The maximum atomic E-state index is 13.6. The van der Waals surface area contributed by atoms with Gasteiger partial charge in [-0.3, -0.25) is 9.69 Å². The van der Waals surface area contributed by atoms with Crippen LogP contribution in [-0.2, 0) is 6.54 Å². The average molecular weight is 364 g/mol. The lowest BCUT2D eigenvalue weighted by Gasteiger charge is -2.36. The van der Waals surface area contributed by atoms with Gasteiger partial charge in [-0.15, -0.1) is 12.4 Å². The summed E-state index contributed by atoms with van der Waals surface area (Å²) in [5.74, 6) is -0.293. The van der Waals surface area contributed by atoms with Crippen molar-refractivity contribution in [1.82, 2.24) is 15.5 Å². The van der Waals surface area contributed by atoms with Crippen molar-refractivity contribution in [3.8, 4) is 0 Å². The Hall–Kier alpha value is -1.95. The zero-order valence-electron chi connectivity index (χ0n) is 14.2. The first-order valence-corrected chi connectivity index (χ1v) is 8.18. The maximum absolute atomic E-state index is 13.6. The molecular weight excluding hydrogens is 341 g/mol. The third kappa shape index (κ3) is 4.78. The van der Waals surface area contributed by atoms with E-state index in [0.717, 1.165) is 37.3 Å². The fourth-order valence-electron chi connectivity index (χ4n) is 3.17. The van der Waals surface area contributed by atoms with Crippen LogP contribution in [0.15, 0.2) is 48.5 Å². The molecule has 3 rings (SSSR count). The maximum Gasteiger partial charge on any atom is 0.251 e. The van der Waals surface area contributed by atoms with Crippen molar-refractivity contribution in [2.24, 2.45) is 0 Å². The fraction of sp³-hybridized carbons (Fsp3) is 0.316. The minimum absolute atomic E-state index is 0. The van der Waals surface area contributed by atoms with E-state index in [4.69, 9.17) is 0 Å². The molecular formula is C19H23ClFN3O. The molecule has 1 heterocycles. The lowest BCUT2D eigenvalue weighted by atomic mass is 10.0. The normalized spacial score (nSPS) is 17.6. The highest BCUT2D eigenvalue weighted by atomic mass is 35.5. The van der Waals surface area contributed by atoms with E-state index in [1.807, 2.05) is 30.3 Å². The predicted octanol–water partition coefficient (Wildman–Crippen LogP) is 2.75. The molecule has 1 aliphatic heterocycles. The SMILES string of the molecule is CNC(=O)c1cccc(CN2CCNCC2c2cccc(F)c2)c1.Cl. The Balaban J connectivity index is 0.00000225. The summed E-state index contributed by atoms with van der Waals surface area (Å²) in [6.45, 7) is 3.30. The zero-order valence-corrected chi connectivity index (χ0v) is 15.0. The third-order valence-electron chi connectivity index (χ3n) is 4.39. The van der Waals surface area contributed by atoms with Gasteiger partial charge >= 0.3 is 0 Å². The molecule has 1 amide bonds. The number of benzene rings is 2. The standard InChI is InChI=1S/C19H22FN3O.ClH/c1-21-19(24)16-6-2-4-14(10-16)13-23-9-8-22-12-18(23)15-5-3-7-17(20)11-15;/h2-7,10-11,18,22H,8-9,12-13H2,1H3,(H,21,24);1H. The largest absolute Gasteiger partial charge is 0.355 e. The van der Waals surface area contributed by atoms with Gasteiger partial charge in [0.15, 0.2) is 0 Å². The van der Waals surface area contributed by atoms with Crippen LogP contribution in [0.2, 0.25) is 0 Å². The quantitative estimate of drug-likeness (QED) is 0.878. The van der Waals surface area contributed by atoms with Crippen LogP contribution in [0.25, 0.3) is 0 Å². The molecule has 1 fully saturated rings. The number of nitrogens with one attached hydrogen (secondary N) is 2. The molecule has 0 saturated carbocycles. The number of piperazine rings is 1. The van der Waals surface area contributed by atoms with Gasteiger partial charge in [0.25, 0.3) is 5.91 Å². The van der Waals surface area contributed by atoms with E-state index in [1.165, 1.54) is 6.07 Å². The number of hydrogen-bond acceptors (Lipinski definition) is 3. The van der Waals surface area contributed by atoms with E-state index in [0.29, 0.717) is 5.56 Å². The second kappa shape index (κ2) is 8.94. The molecule has 0 radical (unpaired) electrons. The Kier molecular flexibility index (Phi) is 6.93. The Bertz CT molecular complexity index is 725. The summed E-state index contributed by atoms with van der Waals surface area (Å²) in [4.78, 5) is 14.1. The molecule has 25 heavy (non-hydrogen) atoms. The fourth-order valence-corrected chi connectivity index (χ4v) is 3.17. The van der Waals surface area contributed by atoms with Gasteiger partial charge in [0.1, 0.15) is 5.82 Å². The smallest absolute Gasteiger partial charge is 0.251 e. The van der Waals surface area contributed by atoms with Gasteiger partial charge in [0, 0.05) is 44.8 Å². The molecule has 6 heteroatoms. The van der Waals surface area contributed by atoms with Crippen LogP contribution in [0, 0.1) is 5.82 Å². The molecule has 1 saturated heterocycles. The molecule has 0 aromatic heterocycles. The Morgan fingerprint density at radius 3 is 2.84 bits per heavy atom. The third-order valence-corrected chi connectivity index (χ3v) is 4.39. The minimum atomic E-state index is -0.209. The van der Waals surface area contributed by atoms with E-state index in [2.05, 4.69) is 15.5 Å². The summed E-state index contributed by atoms with van der Waals surface area (Å²) in [7, 11) is 1.63. The molecule has 2 N–H and O–H groups in total. The highest BCUT2D eigenvalue weighted by Gasteiger charge is 2.24. The molecule has 1 unspecified atom stereocenters. The molecule has 134 valence electrons. The lowest BCUT2D eigenvalue weighted by molar-refractivity contribution is 0.0962. The van der Waals surface area contributed by atoms with E-state index < -0.39 is 0 Å². The molecule has 1 aliphatic rings. The monoisotopic (exact) mass is 363 g/mol. The van der Waals surface area contributed by atoms with Crippen LogP contribution in [0.1, 0.15) is 27.5 Å². The van der Waals surface area contributed by atoms with Gasteiger partial charge in [-0.05, 0) is 35.4 Å². The Morgan fingerprint density at radius 2 is 2.08 bits per heavy atom. The molecule has 0 aliphatic carbocycles. The average Bonchev–Trinajstić information content (AvgIpc) is 2.62. The van der Waals surface area contributed by atoms with E-state index >= 15 is 0 Å². The first-order valence-electron chi connectivity index (χ1n) is 8.18. The van der Waals surface area contributed by atoms with Crippen molar-refractivity contribution in [3.63, 3.8) is 0 Å². The molecule has 0 bridgehead atoms. The Morgan fingerprint density at radius 1 is 1.28 bits per heavy atom. The number of halogens is 2. The second-order valence-electron chi connectivity index (χ2n) is 6.02. The topological polar surface area (TPSA) is 44.4 Å². The molecule has 4 nitrogen and oxygen atoms in total.